The minimum absolute atomic E-state index is 0.0155. The fourth-order valence-electron chi connectivity index (χ4n) is 1.85. The number of alkyl halides is 6. The highest BCUT2D eigenvalue weighted by Gasteiger charge is 2.37. The highest BCUT2D eigenvalue weighted by molar-refractivity contribution is 7.80. The third-order valence-electron chi connectivity index (χ3n) is 2.95. The lowest BCUT2D eigenvalue weighted by Crippen LogP contribution is -2.20. The molecule has 0 spiro atoms. The van der Waals surface area contributed by atoms with Crippen molar-refractivity contribution in [1.82, 2.24) is 0 Å². The van der Waals surface area contributed by atoms with E-state index in [9.17, 15) is 30.7 Å². The van der Waals surface area contributed by atoms with Crippen molar-refractivity contribution in [3.63, 3.8) is 0 Å². The molecule has 0 radical (unpaired) electrons. The van der Waals surface area contributed by atoms with Gasteiger partial charge in [-0.1, -0.05) is 0 Å². The van der Waals surface area contributed by atoms with Crippen molar-refractivity contribution in [3.05, 3.63) is 59.4 Å². The molecule has 0 saturated heterocycles. The lowest BCUT2D eigenvalue weighted by Gasteiger charge is -2.16. The molecular weight excluding hydrogens is 373 g/mol. The number of hydrogen-bond donors (Lipinski definition) is 2. The van der Waals surface area contributed by atoms with E-state index in [1.807, 2.05) is 0 Å². The fourth-order valence-corrected chi connectivity index (χ4v) is 2.09. The molecule has 2 rings (SSSR count). The van der Waals surface area contributed by atoms with Gasteiger partial charge >= 0.3 is 12.4 Å². The fraction of sp³-hybridized carbons (Fsp3) is 0.133. The summed E-state index contributed by atoms with van der Waals surface area (Å²) in [5.74, 6) is -0.517. The molecule has 0 aliphatic carbocycles. The Hall–Kier alpha value is -2.36. The number of anilines is 2. The SMILES string of the molecule is Fc1ccc(NC(=S)Nc2cc(C(F)(F)F)cc(C(F)(F)F)c2)cc1. The average Bonchev–Trinajstić information content (AvgIpc) is 2.47. The Morgan fingerprint density at radius 2 is 1.16 bits per heavy atom. The molecule has 0 unspecified atom stereocenters. The van der Waals surface area contributed by atoms with Gasteiger partial charge in [0.2, 0.25) is 0 Å². The second-order valence-corrected chi connectivity index (χ2v) is 5.29. The maximum absolute atomic E-state index is 12.8. The van der Waals surface area contributed by atoms with Gasteiger partial charge in [0.1, 0.15) is 5.82 Å². The van der Waals surface area contributed by atoms with Crippen LogP contribution in [0.2, 0.25) is 0 Å². The minimum atomic E-state index is -4.95. The highest BCUT2D eigenvalue weighted by atomic mass is 32.1. The molecule has 0 heterocycles. The molecule has 2 N–H and O–H groups in total. The second-order valence-electron chi connectivity index (χ2n) is 4.88. The van der Waals surface area contributed by atoms with Crippen LogP contribution in [-0.4, -0.2) is 5.11 Å². The van der Waals surface area contributed by atoms with E-state index in [4.69, 9.17) is 12.2 Å². The molecule has 0 bridgehead atoms. The number of hydrogen-bond acceptors (Lipinski definition) is 1. The molecule has 0 aromatic heterocycles. The number of halogens is 7. The summed E-state index contributed by atoms with van der Waals surface area (Å²) in [7, 11) is 0. The number of rotatable bonds is 2. The van der Waals surface area contributed by atoms with Gasteiger partial charge in [-0.15, -0.1) is 0 Å². The van der Waals surface area contributed by atoms with Gasteiger partial charge < -0.3 is 10.6 Å². The van der Waals surface area contributed by atoms with Gasteiger partial charge in [-0.05, 0) is 54.7 Å². The van der Waals surface area contributed by atoms with E-state index in [1.165, 1.54) is 12.1 Å². The molecule has 2 aromatic carbocycles. The van der Waals surface area contributed by atoms with E-state index in [0.29, 0.717) is 17.8 Å². The van der Waals surface area contributed by atoms with E-state index in [2.05, 4.69) is 10.6 Å². The Bertz CT molecular complexity index is 735. The van der Waals surface area contributed by atoms with Crippen molar-refractivity contribution >= 4 is 28.7 Å². The first kappa shape index (κ1) is 19.0. The summed E-state index contributed by atoms with van der Waals surface area (Å²) >= 11 is 4.85. The first-order valence-electron chi connectivity index (χ1n) is 6.58. The quantitative estimate of drug-likeness (QED) is 0.517. The summed E-state index contributed by atoms with van der Waals surface area (Å²) in [5, 5.41) is 4.53. The van der Waals surface area contributed by atoms with Gasteiger partial charge in [-0.3, -0.25) is 0 Å². The Morgan fingerprint density at radius 1 is 0.720 bits per heavy atom. The number of nitrogens with one attached hydrogen (secondary N) is 2. The first-order valence-corrected chi connectivity index (χ1v) is 6.99. The molecule has 0 aliphatic heterocycles. The maximum Gasteiger partial charge on any atom is 0.416 e. The Morgan fingerprint density at radius 3 is 1.60 bits per heavy atom. The molecule has 2 nitrogen and oxygen atoms in total. The topological polar surface area (TPSA) is 24.1 Å². The summed E-state index contributed by atoms with van der Waals surface area (Å²) in [6.07, 6.45) is -9.91. The smallest absolute Gasteiger partial charge is 0.332 e. The predicted molar refractivity (Wildman–Crippen MR) is 82.7 cm³/mol. The zero-order valence-corrected chi connectivity index (χ0v) is 12.9. The van der Waals surface area contributed by atoms with Gasteiger partial charge in [-0.2, -0.15) is 26.3 Å². The predicted octanol–water partition coefficient (Wildman–Crippen LogP) is 5.67. The average molecular weight is 382 g/mol. The molecule has 134 valence electrons. The van der Waals surface area contributed by atoms with Crippen LogP contribution < -0.4 is 10.6 Å². The van der Waals surface area contributed by atoms with Crippen LogP contribution in [0.1, 0.15) is 11.1 Å². The van der Waals surface area contributed by atoms with Crippen LogP contribution in [0.5, 0.6) is 0 Å². The summed E-state index contributed by atoms with van der Waals surface area (Å²) in [6.45, 7) is 0. The minimum Gasteiger partial charge on any atom is -0.332 e. The van der Waals surface area contributed by atoms with Gasteiger partial charge in [0, 0.05) is 11.4 Å². The summed E-state index contributed by atoms with van der Waals surface area (Å²) in [5.41, 5.74) is -3.10. The maximum atomic E-state index is 12.8. The lowest BCUT2D eigenvalue weighted by atomic mass is 10.1. The van der Waals surface area contributed by atoms with Crippen LogP contribution in [-0.2, 0) is 12.4 Å². The number of thiocarbonyl (C=S) groups is 1. The second kappa shape index (κ2) is 6.87. The van der Waals surface area contributed by atoms with Crippen molar-refractivity contribution < 1.29 is 30.7 Å². The zero-order chi connectivity index (χ0) is 18.8. The molecule has 25 heavy (non-hydrogen) atoms. The van der Waals surface area contributed by atoms with Crippen LogP contribution in [0.25, 0.3) is 0 Å². The van der Waals surface area contributed by atoms with Crippen LogP contribution in [0.15, 0.2) is 42.5 Å². The lowest BCUT2D eigenvalue weighted by molar-refractivity contribution is -0.143. The normalized spacial score (nSPS) is 12.0. The Balaban J connectivity index is 2.25. The molecule has 0 amide bonds. The van der Waals surface area contributed by atoms with Crippen molar-refractivity contribution in [2.45, 2.75) is 12.4 Å². The van der Waals surface area contributed by atoms with Crippen LogP contribution >= 0.6 is 12.2 Å². The van der Waals surface area contributed by atoms with E-state index in [0.717, 1.165) is 12.1 Å². The molecule has 10 heteroatoms. The van der Waals surface area contributed by atoms with Gasteiger partial charge in [0.05, 0.1) is 11.1 Å². The molecule has 0 atom stereocenters. The molecule has 0 aliphatic rings. The van der Waals surface area contributed by atoms with E-state index in [1.54, 1.807) is 0 Å². The van der Waals surface area contributed by atoms with Crippen molar-refractivity contribution in [2.75, 3.05) is 10.6 Å². The highest BCUT2D eigenvalue weighted by Crippen LogP contribution is 2.37. The third kappa shape index (κ3) is 5.31. The first-order chi connectivity index (χ1) is 11.4. The van der Waals surface area contributed by atoms with Gasteiger partial charge in [-0.25, -0.2) is 4.39 Å². The van der Waals surface area contributed by atoms with Gasteiger partial charge in [0.15, 0.2) is 5.11 Å². The summed E-state index contributed by atoms with van der Waals surface area (Å²) < 4.78 is 89.5. The summed E-state index contributed by atoms with van der Waals surface area (Å²) in [6, 6.07) is 5.85. The largest absolute Gasteiger partial charge is 0.416 e. The molecule has 0 saturated carbocycles. The van der Waals surface area contributed by atoms with Crippen molar-refractivity contribution in [3.8, 4) is 0 Å². The Labute approximate surface area is 142 Å². The van der Waals surface area contributed by atoms with E-state index >= 15 is 0 Å². The van der Waals surface area contributed by atoms with Crippen LogP contribution in [0.4, 0.5) is 42.1 Å². The molecule has 2 aromatic rings. The summed E-state index contributed by atoms with van der Waals surface area (Å²) in [4.78, 5) is 0. The molecular formula is C15H9F7N2S. The third-order valence-corrected chi connectivity index (χ3v) is 3.15. The van der Waals surface area contributed by atoms with Gasteiger partial charge in [0.25, 0.3) is 0 Å². The molecule has 0 fully saturated rings. The van der Waals surface area contributed by atoms with Crippen LogP contribution in [0, 0.1) is 5.82 Å². The standard InChI is InChI=1S/C15H9F7N2S/c16-10-1-3-11(4-2-10)23-13(25)24-12-6-8(14(17,18)19)5-9(7-12)15(20,21)22/h1-7H,(H2,23,24,25). The Kier molecular flexibility index (Phi) is 5.21. The van der Waals surface area contributed by atoms with E-state index < -0.39 is 35.0 Å². The zero-order valence-electron chi connectivity index (χ0n) is 12.1. The number of benzene rings is 2. The monoisotopic (exact) mass is 382 g/mol. The van der Waals surface area contributed by atoms with Crippen molar-refractivity contribution in [1.29, 1.82) is 0 Å². The van der Waals surface area contributed by atoms with E-state index in [-0.39, 0.29) is 11.2 Å². The van der Waals surface area contributed by atoms with Crippen molar-refractivity contribution in [2.24, 2.45) is 0 Å². The van der Waals surface area contributed by atoms with Crippen LogP contribution in [0.3, 0.4) is 0 Å².